The molecule has 1 aliphatic heterocycles. The molecule has 3 aromatic rings. The monoisotopic (exact) mass is 598 g/mol. The highest BCUT2D eigenvalue weighted by molar-refractivity contribution is 7.92. The van der Waals surface area contributed by atoms with Crippen LogP contribution >= 0.6 is 0 Å². The van der Waals surface area contributed by atoms with Gasteiger partial charge < -0.3 is 4.52 Å². The second-order valence-electron chi connectivity index (χ2n) is 11.4. The minimum Gasteiger partial charge on any atom is -0.337 e. The van der Waals surface area contributed by atoms with E-state index in [1.807, 2.05) is 0 Å². The quantitative estimate of drug-likeness (QED) is 0.268. The number of anilines is 1. The Labute approximate surface area is 245 Å². The van der Waals surface area contributed by atoms with Crippen molar-refractivity contribution in [2.24, 2.45) is 4.99 Å². The van der Waals surface area contributed by atoms with Gasteiger partial charge in [-0.2, -0.15) is 0 Å². The molecule has 2 aromatic carbocycles. The molecule has 2 aliphatic rings. The summed E-state index contributed by atoms with van der Waals surface area (Å²) in [6.45, 7) is 6.33. The molecule has 0 atom stereocenters. The Morgan fingerprint density at radius 1 is 1.10 bits per heavy atom. The number of aliphatic imine (C=N–C) groups is 1. The van der Waals surface area contributed by atoms with E-state index in [9.17, 15) is 13.2 Å². The van der Waals surface area contributed by atoms with E-state index in [0.29, 0.717) is 36.1 Å². The molecule has 2 heterocycles. The maximum atomic E-state index is 15.2. The lowest BCUT2D eigenvalue weighted by Gasteiger charge is -2.24. The van der Waals surface area contributed by atoms with Crippen LogP contribution in [0.15, 0.2) is 56.9 Å². The summed E-state index contributed by atoms with van der Waals surface area (Å²) >= 11 is 0. The number of unbranched alkanes of at least 4 members (excludes halogenated alkanes) is 1. The van der Waals surface area contributed by atoms with Gasteiger partial charge in [0, 0.05) is 30.0 Å². The third kappa shape index (κ3) is 5.58. The fourth-order valence-corrected chi connectivity index (χ4v) is 7.05. The first-order valence-corrected chi connectivity index (χ1v) is 15.8. The highest BCUT2D eigenvalue weighted by Crippen LogP contribution is 2.42. The van der Waals surface area contributed by atoms with Crippen LogP contribution in [0.3, 0.4) is 0 Å². The van der Waals surface area contributed by atoms with Crippen molar-refractivity contribution < 1.29 is 26.5 Å². The van der Waals surface area contributed by atoms with Crippen LogP contribution in [0.1, 0.15) is 81.2 Å². The number of carbonyl (C=O) groups excluding carboxylic acids is 1. The number of rotatable bonds is 10. The Morgan fingerprint density at radius 2 is 1.81 bits per heavy atom. The summed E-state index contributed by atoms with van der Waals surface area (Å²) in [5.41, 5.74) is 0.729. The molecule has 1 fully saturated rings. The van der Waals surface area contributed by atoms with E-state index in [2.05, 4.69) is 16.8 Å². The van der Waals surface area contributed by atoms with E-state index < -0.39 is 21.5 Å². The van der Waals surface area contributed by atoms with Crippen LogP contribution in [-0.4, -0.2) is 35.8 Å². The van der Waals surface area contributed by atoms with E-state index in [1.54, 1.807) is 30.9 Å². The van der Waals surface area contributed by atoms with Crippen molar-refractivity contribution in [2.75, 3.05) is 4.72 Å². The molecule has 0 unspecified atom stereocenters. The zero-order chi connectivity index (χ0) is 30.3. The normalized spacial score (nSPS) is 16.9. The average Bonchev–Trinajstić information content (AvgIpc) is 3.62. The number of carbonyl (C=O) groups is 1. The Hall–Kier alpha value is -3.60. The number of sulfonamides is 1. The molecule has 224 valence electrons. The topological polar surface area (TPSA) is 105 Å². The number of hydrogen-bond acceptors (Lipinski definition) is 6. The van der Waals surface area contributed by atoms with Crippen molar-refractivity contribution in [3.05, 3.63) is 64.8 Å². The molecule has 0 radical (unpaired) electrons. The third-order valence-electron chi connectivity index (χ3n) is 8.23. The highest BCUT2D eigenvalue weighted by atomic mass is 32.2. The van der Waals surface area contributed by atoms with Gasteiger partial charge in [0.15, 0.2) is 0 Å². The van der Waals surface area contributed by atoms with Crippen LogP contribution < -0.4 is 4.72 Å². The number of benzene rings is 2. The van der Waals surface area contributed by atoms with E-state index in [1.165, 1.54) is 30.3 Å². The summed E-state index contributed by atoms with van der Waals surface area (Å²) in [5.74, 6) is -2.66. The van der Waals surface area contributed by atoms with Crippen molar-refractivity contribution in [1.82, 2.24) is 10.1 Å². The molecular formula is C31H36F2N4O4S. The van der Waals surface area contributed by atoms with E-state index >= 15 is 8.78 Å². The molecule has 1 N–H and O–H groups in total. The van der Waals surface area contributed by atoms with Crippen LogP contribution in [0.5, 0.6) is 0 Å². The number of amidine groups is 1. The van der Waals surface area contributed by atoms with E-state index in [0.717, 1.165) is 38.4 Å². The lowest BCUT2D eigenvalue weighted by Crippen LogP contribution is -2.40. The first kappa shape index (κ1) is 29.9. The molecule has 1 saturated carbocycles. The lowest BCUT2D eigenvalue weighted by atomic mass is 9.93. The Kier molecular flexibility index (Phi) is 8.00. The van der Waals surface area contributed by atoms with Gasteiger partial charge in [0.2, 0.25) is 5.88 Å². The molecule has 0 bridgehead atoms. The smallest absolute Gasteiger partial charge is 0.271 e. The van der Waals surface area contributed by atoms with Gasteiger partial charge >= 0.3 is 0 Å². The third-order valence-corrected chi connectivity index (χ3v) is 9.62. The molecule has 42 heavy (non-hydrogen) atoms. The van der Waals surface area contributed by atoms with Crippen molar-refractivity contribution in [3.63, 3.8) is 0 Å². The zero-order valence-electron chi connectivity index (χ0n) is 24.3. The van der Waals surface area contributed by atoms with Crippen molar-refractivity contribution in [1.29, 1.82) is 0 Å². The van der Waals surface area contributed by atoms with Gasteiger partial charge in [0.05, 0.1) is 17.1 Å². The number of alkyl halides is 2. The molecule has 1 amide bonds. The highest BCUT2D eigenvalue weighted by Gasteiger charge is 2.49. The maximum absolute atomic E-state index is 15.2. The Morgan fingerprint density at radius 3 is 2.45 bits per heavy atom. The number of amides is 1. The van der Waals surface area contributed by atoms with Crippen LogP contribution in [-0.2, 0) is 27.3 Å². The molecule has 5 rings (SSSR count). The summed E-state index contributed by atoms with van der Waals surface area (Å²) in [6, 6.07) is 10.6. The van der Waals surface area contributed by atoms with Gasteiger partial charge in [-0.3, -0.25) is 14.7 Å². The molecule has 1 aromatic heterocycles. The number of aromatic nitrogens is 1. The predicted octanol–water partition coefficient (Wildman–Crippen LogP) is 7.11. The number of halogens is 2. The van der Waals surface area contributed by atoms with Gasteiger partial charge in [-0.15, -0.1) is 0 Å². The summed E-state index contributed by atoms with van der Waals surface area (Å²) in [7, 11) is -4.23. The SMILES string of the molecule is CCCCC1=NC2(CCCC2)C(=O)N1Cc1ccc(-c2ccccc2S(=O)(=O)Nc2onc(C)c2C)c(C(C)(F)F)c1. The number of nitrogens with one attached hydrogen (secondary N) is 1. The van der Waals surface area contributed by atoms with Gasteiger partial charge in [0.25, 0.3) is 21.9 Å². The van der Waals surface area contributed by atoms with E-state index in [-0.39, 0.29) is 39.9 Å². The van der Waals surface area contributed by atoms with Crippen molar-refractivity contribution in [3.8, 4) is 11.1 Å². The molecule has 11 heteroatoms. The molecule has 8 nitrogen and oxygen atoms in total. The Bertz CT molecular complexity index is 1640. The van der Waals surface area contributed by atoms with Crippen LogP contribution in [0.4, 0.5) is 14.7 Å². The van der Waals surface area contributed by atoms with Crippen molar-refractivity contribution >= 4 is 27.7 Å². The first-order chi connectivity index (χ1) is 19.9. The predicted molar refractivity (Wildman–Crippen MR) is 157 cm³/mol. The molecule has 0 saturated heterocycles. The minimum absolute atomic E-state index is 0.0328. The number of hydrogen-bond donors (Lipinski definition) is 1. The molecular weight excluding hydrogens is 562 g/mol. The fourth-order valence-electron chi connectivity index (χ4n) is 5.78. The second-order valence-corrected chi connectivity index (χ2v) is 13.0. The van der Waals surface area contributed by atoms with Crippen LogP contribution in [0.2, 0.25) is 0 Å². The summed E-state index contributed by atoms with van der Waals surface area (Å²) < 4.78 is 64.8. The minimum atomic E-state index is -4.23. The number of nitrogens with zero attached hydrogens (tertiary/aromatic N) is 3. The second kappa shape index (κ2) is 11.2. The summed E-state index contributed by atoms with van der Waals surface area (Å²) in [5, 5.41) is 3.79. The van der Waals surface area contributed by atoms with Crippen molar-refractivity contribution in [2.45, 2.75) is 95.5 Å². The van der Waals surface area contributed by atoms with Gasteiger partial charge in [0.1, 0.15) is 11.4 Å². The first-order valence-electron chi connectivity index (χ1n) is 14.3. The van der Waals surface area contributed by atoms with Gasteiger partial charge in [-0.05, 0) is 56.4 Å². The Balaban J connectivity index is 1.52. The molecule has 1 aliphatic carbocycles. The van der Waals surface area contributed by atoms with Crippen LogP contribution in [0, 0.1) is 13.8 Å². The summed E-state index contributed by atoms with van der Waals surface area (Å²) in [4.78, 5) is 20.0. The van der Waals surface area contributed by atoms with Gasteiger partial charge in [-0.1, -0.05) is 61.7 Å². The fraction of sp³-hybridized carbons (Fsp3) is 0.452. The largest absolute Gasteiger partial charge is 0.337 e. The maximum Gasteiger partial charge on any atom is 0.271 e. The summed E-state index contributed by atoms with van der Waals surface area (Å²) in [6.07, 6.45) is 5.78. The molecule has 1 spiro atoms. The van der Waals surface area contributed by atoms with Crippen LogP contribution in [0.25, 0.3) is 11.1 Å². The standard InChI is InChI=1S/C31H36F2N4O4S/c1-5-6-13-27-34-31(16-9-10-17-31)29(38)37(27)19-22-14-15-23(25(18-22)30(4,32)33)24-11-7-8-12-26(24)42(39,40)36-28-20(2)21(3)35-41-28/h7-8,11-12,14-15,18,36H,5-6,9-10,13,16-17,19H2,1-4H3. The number of aryl methyl sites for hydroxylation is 1. The average molecular weight is 599 g/mol. The zero-order valence-corrected chi connectivity index (χ0v) is 25.2. The van der Waals surface area contributed by atoms with Gasteiger partial charge in [-0.25, -0.2) is 21.9 Å². The van der Waals surface area contributed by atoms with E-state index in [4.69, 9.17) is 9.52 Å². The lowest BCUT2D eigenvalue weighted by molar-refractivity contribution is -0.131.